The van der Waals surface area contributed by atoms with Crippen molar-refractivity contribution in [3.63, 3.8) is 0 Å². The number of nitrogens with zero attached hydrogens (tertiary/aromatic N) is 1. The molecular formula is C22H15NO3. The van der Waals surface area contributed by atoms with E-state index in [9.17, 15) is 9.90 Å². The van der Waals surface area contributed by atoms with Gasteiger partial charge in [0.25, 0.3) is 5.91 Å². The summed E-state index contributed by atoms with van der Waals surface area (Å²) in [6.07, 6.45) is 0. The van der Waals surface area contributed by atoms with Crippen molar-refractivity contribution in [1.82, 2.24) is 0 Å². The molecule has 1 N–H and O–H groups in total. The number of aliphatic hydroxyl groups excluding tert-OH is 1. The highest BCUT2D eigenvalue weighted by molar-refractivity contribution is 6.30. The minimum atomic E-state index is -0.194. The first-order valence-corrected chi connectivity index (χ1v) is 8.43. The largest absolute Gasteiger partial charge is 0.510 e. The lowest BCUT2D eigenvalue weighted by Crippen LogP contribution is -2.26. The van der Waals surface area contributed by atoms with Gasteiger partial charge in [0.1, 0.15) is 16.9 Å². The summed E-state index contributed by atoms with van der Waals surface area (Å²) in [6.45, 7) is 0.183. The molecule has 126 valence electrons. The number of anilines is 1. The van der Waals surface area contributed by atoms with Crippen molar-refractivity contribution in [1.29, 1.82) is 0 Å². The quantitative estimate of drug-likeness (QED) is 0.564. The van der Waals surface area contributed by atoms with E-state index in [1.807, 2.05) is 72.8 Å². The Balaban J connectivity index is 1.62. The van der Waals surface area contributed by atoms with Crippen LogP contribution in [-0.2, 0) is 4.79 Å². The number of fused-ring (bicyclic) bond motifs is 3. The summed E-state index contributed by atoms with van der Waals surface area (Å²) in [4.78, 5) is 14.5. The van der Waals surface area contributed by atoms with Gasteiger partial charge in [0.15, 0.2) is 0 Å². The van der Waals surface area contributed by atoms with Crippen molar-refractivity contribution in [2.24, 2.45) is 0 Å². The molecule has 2 heterocycles. The van der Waals surface area contributed by atoms with Crippen LogP contribution in [0.25, 0.3) is 27.5 Å². The smallest absolute Gasteiger partial charge is 0.262 e. The Labute approximate surface area is 149 Å². The zero-order valence-corrected chi connectivity index (χ0v) is 13.8. The van der Waals surface area contributed by atoms with Crippen molar-refractivity contribution in [2.45, 2.75) is 0 Å². The highest BCUT2D eigenvalue weighted by Gasteiger charge is 2.32. The van der Waals surface area contributed by atoms with Crippen LogP contribution in [0, 0.1) is 0 Å². The van der Waals surface area contributed by atoms with E-state index in [-0.39, 0.29) is 18.2 Å². The highest BCUT2D eigenvalue weighted by atomic mass is 16.3. The van der Waals surface area contributed by atoms with E-state index in [4.69, 9.17) is 4.42 Å². The molecule has 0 atom stereocenters. The molecule has 4 nitrogen and oxygen atoms in total. The third kappa shape index (κ3) is 2.12. The van der Waals surface area contributed by atoms with Crippen LogP contribution in [0.15, 0.2) is 83.0 Å². The molecule has 3 aromatic carbocycles. The number of hydrogen-bond acceptors (Lipinski definition) is 3. The fourth-order valence-electron chi connectivity index (χ4n) is 3.55. The van der Waals surface area contributed by atoms with Crippen LogP contribution in [0.3, 0.4) is 0 Å². The molecule has 0 spiro atoms. The van der Waals surface area contributed by atoms with Crippen molar-refractivity contribution in [2.75, 3.05) is 11.4 Å². The fourth-order valence-corrected chi connectivity index (χ4v) is 3.55. The molecule has 4 aromatic rings. The maximum atomic E-state index is 12.9. The predicted molar refractivity (Wildman–Crippen MR) is 102 cm³/mol. The molecule has 0 aliphatic carbocycles. The molecule has 5 rings (SSSR count). The molecule has 26 heavy (non-hydrogen) atoms. The Bertz CT molecular complexity index is 1190. The van der Waals surface area contributed by atoms with Crippen molar-refractivity contribution >= 4 is 39.1 Å². The monoisotopic (exact) mass is 341 g/mol. The third-order valence-corrected chi connectivity index (χ3v) is 4.79. The number of para-hydroxylation sites is 2. The van der Waals surface area contributed by atoms with Gasteiger partial charge in [0.2, 0.25) is 0 Å². The van der Waals surface area contributed by atoms with Gasteiger partial charge in [-0.1, -0.05) is 42.5 Å². The summed E-state index contributed by atoms with van der Waals surface area (Å²) in [7, 11) is 0. The molecule has 1 aliphatic heterocycles. The summed E-state index contributed by atoms with van der Waals surface area (Å²) in [6, 6.07) is 22.8. The van der Waals surface area contributed by atoms with Crippen LogP contribution in [0.1, 0.15) is 5.56 Å². The van der Waals surface area contributed by atoms with Crippen LogP contribution >= 0.6 is 0 Å². The van der Waals surface area contributed by atoms with Crippen LogP contribution in [-0.4, -0.2) is 17.6 Å². The maximum Gasteiger partial charge on any atom is 0.262 e. The lowest BCUT2D eigenvalue weighted by atomic mass is 10.0. The van der Waals surface area contributed by atoms with Gasteiger partial charge in [-0.25, -0.2) is 0 Å². The summed E-state index contributed by atoms with van der Waals surface area (Å²) in [5.41, 5.74) is 3.39. The lowest BCUT2D eigenvalue weighted by Gasteiger charge is -2.16. The van der Waals surface area contributed by atoms with Crippen LogP contribution in [0.2, 0.25) is 0 Å². The number of hydrogen-bond donors (Lipinski definition) is 1. The Hall–Kier alpha value is -3.53. The van der Waals surface area contributed by atoms with Crippen LogP contribution < -0.4 is 4.90 Å². The minimum Gasteiger partial charge on any atom is -0.510 e. The highest BCUT2D eigenvalue weighted by Crippen LogP contribution is 2.35. The average molecular weight is 341 g/mol. The first kappa shape index (κ1) is 14.8. The number of furan rings is 1. The summed E-state index contributed by atoms with van der Waals surface area (Å²) < 4.78 is 5.84. The second kappa shape index (κ2) is 5.49. The number of carbonyl (C=O) groups is 1. The number of amides is 1. The maximum absolute atomic E-state index is 12.9. The van der Waals surface area contributed by atoms with Gasteiger partial charge < -0.3 is 14.4 Å². The third-order valence-electron chi connectivity index (χ3n) is 4.79. The number of carbonyl (C=O) groups excluding carboxylic acids is 1. The lowest BCUT2D eigenvalue weighted by molar-refractivity contribution is -0.112. The van der Waals surface area contributed by atoms with Gasteiger partial charge in [-0.3, -0.25) is 4.79 Å². The molecule has 1 amide bonds. The van der Waals surface area contributed by atoms with E-state index < -0.39 is 0 Å². The second-order valence-corrected chi connectivity index (χ2v) is 6.36. The van der Waals surface area contributed by atoms with Gasteiger partial charge in [-0.2, -0.15) is 0 Å². The topological polar surface area (TPSA) is 53.7 Å². The SMILES string of the molecule is O=C1C(c2ccc3oc4ccccc4c3c2)=C(O)CN1c1ccccc1. The fraction of sp³-hybridized carbons (Fsp3) is 0.0455. The number of benzene rings is 3. The first-order chi connectivity index (χ1) is 12.7. The molecular weight excluding hydrogens is 326 g/mol. The molecule has 0 unspecified atom stereocenters. The molecule has 1 aromatic heterocycles. The summed E-state index contributed by atoms with van der Waals surface area (Å²) >= 11 is 0. The zero-order chi connectivity index (χ0) is 17.7. The number of aliphatic hydroxyl groups is 1. The predicted octanol–water partition coefficient (Wildman–Crippen LogP) is 4.90. The molecule has 0 radical (unpaired) electrons. The molecule has 0 saturated heterocycles. The molecule has 4 heteroatoms. The van der Waals surface area contributed by atoms with E-state index in [2.05, 4.69) is 0 Å². The number of rotatable bonds is 2. The van der Waals surface area contributed by atoms with Crippen molar-refractivity contribution < 1.29 is 14.3 Å². The Morgan fingerprint density at radius 2 is 1.58 bits per heavy atom. The summed E-state index contributed by atoms with van der Waals surface area (Å²) in [5.74, 6) is -0.105. The van der Waals surface area contributed by atoms with Crippen molar-refractivity contribution in [3.8, 4) is 0 Å². The summed E-state index contributed by atoms with van der Waals surface area (Å²) in [5, 5.41) is 12.4. The zero-order valence-electron chi connectivity index (χ0n) is 13.8. The van der Waals surface area contributed by atoms with Crippen LogP contribution in [0.5, 0.6) is 0 Å². The molecule has 0 saturated carbocycles. The van der Waals surface area contributed by atoms with Gasteiger partial charge in [0, 0.05) is 16.5 Å². The van der Waals surface area contributed by atoms with Gasteiger partial charge in [-0.05, 0) is 35.9 Å². The van der Waals surface area contributed by atoms with Crippen LogP contribution in [0.4, 0.5) is 5.69 Å². The van der Waals surface area contributed by atoms with E-state index in [0.717, 1.165) is 27.6 Å². The normalized spacial score (nSPS) is 14.8. The molecule has 0 bridgehead atoms. The van der Waals surface area contributed by atoms with E-state index >= 15 is 0 Å². The second-order valence-electron chi connectivity index (χ2n) is 6.36. The Morgan fingerprint density at radius 1 is 0.846 bits per heavy atom. The van der Waals surface area contributed by atoms with Gasteiger partial charge >= 0.3 is 0 Å². The Kier molecular flexibility index (Phi) is 3.12. The standard InChI is InChI=1S/C22H15NO3/c24-18-13-23(15-6-2-1-3-7-15)22(25)21(18)14-10-11-20-17(12-14)16-8-4-5-9-19(16)26-20/h1-12,24H,13H2. The first-order valence-electron chi connectivity index (χ1n) is 8.43. The van der Waals surface area contributed by atoms with E-state index in [0.29, 0.717) is 11.1 Å². The van der Waals surface area contributed by atoms with E-state index in [1.165, 1.54) is 0 Å². The Morgan fingerprint density at radius 3 is 2.42 bits per heavy atom. The van der Waals surface area contributed by atoms with Crippen molar-refractivity contribution in [3.05, 3.63) is 84.1 Å². The van der Waals surface area contributed by atoms with Gasteiger partial charge in [0.05, 0.1) is 12.1 Å². The minimum absolute atomic E-state index is 0.0889. The molecule has 1 aliphatic rings. The van der Waals surface area contributed by atoms with E-state index in [1.54, 1.807) is 4.90 Å². The molecule has 0 fully saturated rings. The van der Waals surface area contributed by atoms with Gasteiger partial charge in [-0.15, -0.1) is 0 Å². The average Bonchev–Trinajstić information content (AvgIpc) is 3.19.